The topological polar surface area (TPSA) is 101 Å². The number of aliphatic carboxylic acids is 1. The van der Waals surface area contributed by atoms with Gasteiger partial charge in [0.2, 0.25) is 0 Å². The van der Waals surface area contributed by atoms with Crippen molar-refractivity contribution in [1.82, 2.24) is 10.3 Å². The van der Waals surface area contributed by atoms with Gasteiger partial charge in [0.05, 0.1) is 29.1 Å². The Labute approximate surface area is 267 Å². The van der Waals surface area contributed by atoms with E-state index in [-0.39, 0.29) is 31.1 Å². The first-order valence-corrected chi connectivity index (χ1v) is 14.8. The molecule has 0 bridgehead atoms. The number of carbonyl (C=O) groups excluding carboxylic acids is 1. The van der Waals surface area contributed by atoms with Gasteiger partial charge in [0.15, 0.2) is 0 Å². The minimum atomic E-state index is -4.56. The van der Waals surface area contributed by atoms with E-state index in [0.29, 0.717) is 49.3 Å². The average Bonchev–Trinajstić information content (AvgIpc) is 3.85. The number of carboxylic acids is 1. The van der Waals surface area contributed by atoms with E-state index in [0.717, 1.165) is 24.5 Å². The van der Waals surface area contributed by atoms with Crippen LogP contribution in [-0.4, -0.2) is 35.6 Å². The lowest BCUT2D eigenvalue weighted by molar-refractivity contribution is -0.138. The van der Waals surface area contributed by atoms with Crippen LogP contribution < -0.4 is 15.4 Å². The van der Waals surface area contributed by atoms with Crippen LogP contribution in [0.15, 0.2) is 66.9 Å². The summed E-state index contributed by atoms with van der Waals surface area (Å²) in [5, 5.41) is 15.5. The maximum absolute atomic E-state index is 14.0. The van der Waals surface area contributed by atoms with Crippen molar-refractivity contribution in [3.8, 4) is 28.0 Å². The highest BCUT2D eigenvalue weighted by molar-refractivity contribution is 6.36. The van der Waals surface area contributed by atoms with Gasteiger partial charge < -0.3 is 20.5 Å². The molecule has 0 unspecified atom stereocenters. The van der Waals surface area contributed by atoms with Crippen molar-refractivity contribution in [1.29, 1.82) is 0 Å². The number of halogens is 5. The molecule has 3 N–H and O–H groups in total. The van der Waals surface area contributed by atoms with E-state index in [1.165, 1.54) is 18.3 Å². The highest BCUT2D eigenvalue weighted by Crippen LogP contribution is 2.47. The second-order valence-corrected chi connectivity index (χ2v) is 11.4. The maximum Gasteiger partial charge on any atom is 0.416 e. The SMILES string of the molecule is COc1ccc(-c2ccc(NCc3c(-c4ccc(C(=O)NCCC(=O)O)nc4)cc(C(F)(F)F)cc3C3CC3)cc2Cl)c(Cl)c1. The molecule has 0 aliphatic heterocycles. The third-order valence-electron chi connectivity index (χ3n) is 7.47. The molecule has 1 fully saturated rings. The summed E-state index contributed by atoms with van der Waals surface area (Å²) in [5.74, 6) is -1.03. The second-order valence-electron chi connectivity index (χ2n) is 10.6. The van der Waals surface area contributed by atoms with E-state index in [1.807, 2.05) is 18.2 Å². The van der Waals surface area contributed by atoms with Gasteiger partial charge in [0.25, 0.3) is 5.91 Å². The predicted molar refractivity (Wildman–Crippen MR) is 167 cm³/mol. The first kappa shape index (κ1) is 32.1. The fourth-order valence-corrected chi connectivity index (χ4v) is 5.56. The van der Waals surface area contributed by atoms with Crippen LogP contribution in [-0.2, 0) is 17.5 Å². The third-order valence-corrected chi connectivity index (χ3v) is 8.09. The van der Waals surface area contributed by atoms with Crippen LogP contribution in [0.1, 0.15) is 52.4 Å². The van der Waals surface area contributed by atoms with Gasteiger partial charge in [0.1, 0.15) is 11.4 Å². The van der Waals surface area contributed by atoms with Crippen LogP contribution in [0.2, 0.25) is 10.0 Å². The molecule has 1 heterocycles. The first-order valence-electron chi connectivity index (χ1n) is 14.0. The molecule has 12 heteroatoms. The number of nitrogens with one attached hydrogen (secondary N) is 2. The van der Waals surface area contributed by atoms with E-state index in [9.17, 15) is 22.8 Å². The number of carbonyl (C=O) groups is 2. The predicted octanol–water partition coefficient (Wildman–Crippen LogP) is 8.44. The van der Waals surface area contributed by atoms with Crippen LogP contribution in [0.4, 0.5) is 18.9 Å². The molecule has 0 spiro atoms. The summed E-state index contributed by atoms with van der Waals surface area (Å²) in [4.78, 5) is 27.3. The van der Waals surface area contributed by atoms with Crippen molar-refractivity contribution >= 4 is 40.8 Å². The largest absolute Gasteiger partial charge is 0.497 e. The Morgan fingerprint density at radius 1 is 0.978 bits per heavy atom. The molecule has 7 nitrogen and oxygen atoms in total. The molecule has 1 amide bonds. The maximum atomic E-state index is 14.0. The molecule has 0 radical (unpaired) electrons. The molecular formula is C33H28Cl2F3N3O4. The first-order chi connectivity index (χ1) is 21.4. The smallest absolute Gasteiger partial charge is 0.416 e. The quantitative estimate of drug-likeness (QED) is 0.150. The van der Waals surface area contributed by atoms with Gasteiger partial charge in [-0.1, -0.05) is 35.3 Å². The standard InChI is InChI=1S/C33H28Cl2F3N3O4/c1-45-22-6-8-24(29(35)15-22)23-7-5-21(14-28(23)34)40-17-27-25(18-2-3-18)12-20(33(36,37)38)13-26(27)19-4-9-30(41-16-19)32(44)39-11-10-31(42)43/h4-9,12-16,18,40H,2-3,10-11,17H2,1H3,(H,39,44)(H,42,43). The number of ether oxygens (including phenoxy) is 1. The summed E-state index contributed by atoms with van der Waals surface area (Å²) >= 11 is 13.1. The number of nitrogens with zero attached hydrogens (tertiary/aromatic N) is 1. The molecule has 234 valence electrons. The minimum absolute atomic E-state index is 0.00160. The van der Waals surface area contributed by atoms with E-state index >= 15 is 0 Å². The number of rotatable bonds is 11. The zero-order valence-corrected chi connectivity index (χ0v) is 25.5. The van der Waals surface area contributed by atoms with Gasteiger partial charge in [-0.05, 0) is 84.0 Å². The lowest BCUT2D eigenvalue weighted by atomic mass is 9.90. The van der Waals surface area contributed by atoms with Crippen molar-refractivity contribution in [3.63, 3.8) is 0 Å². The number of benzene rings is 3. The molecule has 45 heavy (non-hydrogen) atoms. The summed E-state index contributed by atoms with van der Waals surface area (Å²) in [6.07, 6.45) is -1.90. The van der Waals surface area contributed by atoms with Crippen molar-refractivity contribution < 1.29 is 32.6 Å². The Morgan fingerprint density at radius 3 is 2.27 bits per heavy atom. The number of anilines is 1. The Balaban J connectivity index is 1.45. The summed E-state index contributed by atoms with van der Waals surface area (Å²) < 4.78 is 47.2. The molecule has 3 aromatic carbocycles. The molecule has 1 saturated carbocycles. The number of carboxylic acid groups (broad SMARTS) is 1. The number of hydrogen-bond acceptors (Lipinski definition) is 5. The molecule has 1 aliphatic carbocycles. The van der Waals surface area contributed by atoms with Crippen LogP contribution in [0.3, 0.4) is 0 Å². The van der Waals surface area contributed by atoms with Gasteiger partial charge in [-0.2, -0.15) is 13.2 Å². The number of alkyl halides is 3. The van der Waals surface area contributed by atoms with Gasteiger partial charge in [-0.3, -0.25) is 14.6 Å². The Hall–Kier alpha value is -4.28. The second kappa shape index (κ2) is 13.4. The summed E-state index contributed by atoms with van der Waals surface area (Å²) in [6.45, 7) is 0.125. The van der Waals surface area contributed by atoms with Crippen molar-refractivity contribution in [2.45, 2.75) is 37.9 Å². The van der Waals surface area contributed by atoms with E-state index < -0.39 is 23.6 Å². The number of methoxy groups -OCH3 is 1. The Bertz CT molecular complexity index is 1740. The van der Waals surface area contributed by atoms with Gasteiger partial charge >= 0.3 is 12.1 Å². The van der Waals surface area contributed by atoms with Crippen molar-refractivity contribution in [2.24, 2.45) is 0 Å². The van der Waals surface area contributed by atoms with Crippen LogP contribution in [0.25, 0.3) is 22.3 Å². The molecule has 1 aliphatic rings. The van der Waals surface area contributed by atoms with Gasteiger partial charge in [-0.15, -0.1) is 0 Å². The molecule has 4 aromatic rings. The van der Waals surface area contributed by atoms with Crippen molar-refractivity contribution in [3.05, 3.63) is 99.3 Å². The fourth-order valence-electron chi connectivity index (χ4n) is 5.01. The highest BCUT2D eigenvalue weighted by atomic mass is 35.5. The Morgan fingerprint density at radius 2 is 1.69 bits per heavy atom. The lowest BCUT2D eigenvalue weighted by Gasteiger charge is -2.20. The zero-order chi connectivity index (χ0) is 32.3. The van der Waals surface area contributed by atoms with Crippen LogP contribution in [0.5, 0.6) is 5.75 Å². The van der Waals surface area contributed by atoms with Crippen LogP contribution >= 0.6 is 23.2 Å². The van der Waals surface area contributed by atoms with E-state index in [1.54, 1.807) is 31.4 Å². The molecule has 5 rings (SSSR count). The number of pyridine rings is 1. The summed E-state index contributed by atoms with van der Waals surface area (Å²) in [6, 6.07) is 15.9. The summed E-state index contributed by atoms with van der Waals surface area (Å²) in [5.41, 5.74) is 3.39. The van der Waals surface area contributed by atoms with E-state index in [4.69, 9.17) is 33.0 Å². The molecule has 0 saturated heterocycles. The lowest BCUT2D eigenvalue weighted by Crippen LogP contribution is -2.26. The highest BCUT2D eigenvalue weighted by Gasteiger charge is 2.35. The van der Waals surface area contributed by atoms with Gasteiger partial charge in [0, 0.05) is 41.7 Å². The number of hydrogen-bond donors (Lipinski definition) is 3. The minimum Gasteiger partial charge on any atom is -0.497 e. The number of aromatic nitrogens is 1. The summed E-state index contributed by atoms with van der Waals surface area (Å²) in [7, 11) is 1.55. The zero-order valence-electron chi connectivity index (χ0n) is 24.0. The monoisotopic (exact) mass is 657 g/mol. The molecule has 1 aromatic heterocycles. The van der Waals surface area contributed by atoms with E-state index in [2.05, 4.69) is 15.6 Å². The van der Waals surface area contributed by atoms with Gasteiger partial charge in [-0.25, -0.2) is 0 Å². The number of amides is 1. The average molecular weight is 659 g/mol. The van der Waals surface area contributed by atoms with Crippen LogP contribution in [0, 0.1) is 0 Å². The fraction of sp³-hybridized carbons (Fsp3) is 0.242. The van der Waals surface area contributed by atoms with Crippen molar-refractivity contribution in [2.75, 3.05) is 19.0 Å². The normalized spacial score (nSPS) is 12.9. The third kappa shape index (κ3) is 7.69. The Kier molecular flexibility index (Phi) is 9.55. The molecule has 0 atom stereocenters. The molecular weight excluding hydrogens is 630 g/mol.